The molecule has 0 aliphatic carbocycles. The summed E-state index contributed by atoms with van der Waals surface area (Å²) in [5, 5.41) is 0. The van der Waals surface area contributed by atoms with Crippen LogP contribution in [0.15, 0.2) is 0 Å². The molecule has 0 spiro atoms. The molecule has 0 rings (SSSR count). The van der Waals surface area contributed by atoms with E-state index in [4.69, 9.17) is 9.47 Å². The van der Waals surface area contributed by atoms with Crippen LogP contribution < -0.4 is 4.72 Å². The number of hydrogen-bond donors (Lipinski definition) is 1. The molecular weight excluding hydrogens is 489 g/mol. The van der Waals surface area contributed by atoms with Crippen molar-refractivity contribution >= 4 is 50.2 Å². The zero-order valence-electron chi connectivity index (χ0n) is 14.5. The Labute approximate surface area is 160 Å². The van der Waals surface area contributed by atoms with Crippen LogP contribution in [-0.2, 0) is 36.1 Å². The van der Waals surface area contributed by atoms with Crippen LogP contribution in [0.5, 0.6) is 0 Å². The summed E-state index contributed by atoms with van der Waals surface area (Å²) in [6, 6.07) is -1.20. The Morgan fingerprint density at radius 1 is 1.04 bits per heavy atom. The third kappa shape index (κ3) is 11.0. The standard InChI is InChI=1S/C13H24INO8S2/c1-5-22-12(16)10(4)23-13(17)11(9(2)3)15-25(20,21)8-6-7-24(14,18)19/h9-11,15H,5-8H2,1-4H3. The van der Waals surface area contributed by atoms with E-state index in [1.165, 1.54) is 28.1 Å². The summed E-state index contributed by atoms with van der Waals surface area (Å²) in [6.07, 6.45) is -1.26. The van der Waals surface area contributed by atoms with Crippen molar-refractivity contribution in [3.05, 3.63) is 0 Å². The molecule has 12 heteroatoms. The third-order valence-corrected chi connectivity index (χ3v) is 6.48. The molecule has 0 aliphatic heterocycles. The molecule has 0 saturated heterocycles. The number of carbonyl (C=O) groups excluding carboxylic acids is 2. The maximum atomic E-state index is 12.2. The van der Waals surface area contributed by atoms with Gasteiger partial charge >= 0.3 is 11.9 Å². The first-order valence-electron chi connectivity index (χ1n) is 7.58. The molecule has 25 heavy (non-hydrogen) atoms. The molecule has 1 N–H and O–H groups in total. The predicted molar refractivity (Wildman–Crippen MR) is 100 cm³/mol. The number of rotatable bonds is 11. The fourth-order valence-electron chi connectivity index (χ4n) is 1.69. The van der Waals surface area contributed by atoms with Gasteiger partial charge in [-0.1, -0.05) is 13.8 Å². The van der Waals surface area contributed by atoms with Gasteiger partial charge in [0.25, 0.3) is 0 Å². The molecule has 0 aromatic rings. The van der Waals surface area contributed by atoms with Crippen LogP contribution in [0.4, 0.5) is 0 Å². The molecule has 0 aliphatic rings. The van der Waals surface area contributed by atoms with Gasteiger partial charge in [0, 0.05) is 0 Å². The van der Waals surface area contributed by atoms with Gasteiger partial charge in [-0.15, -0.1) is 0 Å². The van der Waals surface area contributed by atoms with Crippen LogP contribution in [0.25, 0.3) is 0 Å². The van der Waals surface area contributed by atoms with Gasteiger partial charge in [-0.2, -0.15) is 0 Å². The molecule has 9 nitrogen and oxygen atoms in total. The summed E-state index contributed by atoms with van der Waals surface area (Å²) in [5.74, 6) is -2.80. The largest absolute Gasteiger partial charge is 0.463 e. The highest BCUT2D eigenvalue weighted by Crippen LogP contribution is 2.10. The molecule has 0 heterocycles. The van der Waals surface area contributed by atoms with Gasteiger partial charge in [-0.3, -0.25) is 4.79 Å². The summed E-state index contributed by atoms with van der Waals surface area (Å²) in [6.45, 7) is 6.28. The molecule has 148 valence electrons. The topological polar surface area (TPSA) is 133 Å². The summed E-state index contributed by atoms with van der Waals surface area (Å²) >= 11 is 1.24. The maximum absolute atomic E-state index is 12.2. The lowest BCUT2D eigenvalue weighted by Crippen LogP contribution is -2.47. The number of esters is 2. The first-order valence-corrected chi connectivity index (χ1v) is 13.4. The molecular formula is C13H24INO8S2. The SMILES string of the molecule is CCOC(=O)C(C)OC(=O)C(NS(=O)(=O)CCCS(=O)(=O)I)C(C)C. The second-order valence-electron chi connectivity index (χ2n) is 5.59. The first-order chi connectivity index (χ1) is 11.3. The molecule has 0 aromatic carbocycles. The Kier molecular flexibility index (Phi) is 10.4. The van der Waals surface area contributed by atoms with E-state index < -0.39 is 52.8 Å². The Bertz CT molecular complexity index is 660. The minimum absolute atomic E-state index is 0.0975. The highest BCUT2D eigenvalue weighted by Gasteiger charge is 2.31. The second-order valence-corrected chi connectivity index (χ2v) is 13.0. The Balaban J connectivity index is 4.88. The zero-order valence-corrected chi connectivity index (χ0v) is 18.3. The number of hydrogen-bond acceptors (Lipinski definition) is 8. The van der Waals surface area contributed by atoms with E-state index in [0.29, 0.717) is 0 Å². The first kappa shape index (κ1) is 24.5. The normalized spacial score (nSPS) is 14.8. The Morgan fingerprint density at radius 3 is 2.04 bits per heavy atom. The van der Waals surface area contributed by atoms with E-state index in [9.17, 15) is 26.4 Å². The highest BCUT2D eigenvalue weighted by molar-refractivity contribution is 14.2. The van der Waals surface area contributed by atoms with Crippen molar-refractivity contribution in [2.75, 3.05) is 18.1 Å². The Morgan fingerprint density at radius 2 is 1.60 bits per heavy atom. The minimum Gasteiger partial charge on any atom is -0.463 e. The van der Waals surface area contributed by atoms with Crippen molar-refractivity contribution in [3.8, 4) is 0 Å². The number of ether oxygens (including phenoxy) is 2. The van der Waals surface area contributed by atoms with Gasteiger partial charge in [-0.25, -0.2) is 26.4 Å². The molecule has 0 aromatic heterocycles. The summed E-state index contributed by atoms with van der Waals surface area (Å²) in [4.78, 5) is 23.7. The van der Waals surface area contributed by atoms with Crippen LogP contribution >= 0.6 is 21.2 Å². The average molecular weight is 513 g/mol. The van der Waals surface area contributed by atoms with Gasteiger partial charge in [0.1, 0.15) is 6.04 Å². The van der Waals surface area contributed by atoms with E-state index >= 15 is 0 Å². The van der Waals surface area contributed by atoms with E-state index in [0.717, 1.165) is 0 Å². The molecule has 0 bridgehead atoms. The molecule has 0 saturated carbocycles. The lowest BCUT2D eigenvalue weighted by molar-refractivity contribution is -0.167. The van der Waals surface area contributed by atoms with E-state index in [1.807, 2.05) is 0 Å². The lowest BCUT2D eigenvalue weighted by Gasteiger charge is -2.22. The van der Waals surface area contributed by atoms with Crippen molar-refractivity contribution < 1.29 is 35.9 Å². The summed E-state index contributed by atoms with van der Waals surface area (Å²) in [7, 11) is -7.20. The van der Waals surface area contributed by atoms with Crippen LogP contribution in [0.1, 0.15) is 34.1 Å². The van der Waals surface area contributed by atoms with Crippen molar-refractivity contribution in [2.45, 2.75) is 46.3 Å². The fourth-order valence-corrected chi connectivity index (χ4v) is 4.69. The van der Waals surface area contributed by atoms with Gasteiger partial charge in [0.05, 0.1) is 39.3 Å². The van der Waals surface area contributed by atoms with Crippen LogP contribution in [0.3, 0.4) is 0 Å². The van der Waals surface area contributed by atoms with Crippen LogP contribution in [-0.4, -0.2) is 59.0 Å². The van der Waals surface area contributed by atoms with Crippen molar-refractivity contribution in [1.82, 2.24) is 4.72 Å². The van der Waals surface area contributed by atoms with Gasteiger partial charge in [0.15, 0.2) is 6.10 Å². The predicted octanol–water partition coefficient (Wildman–Crippen LogP) is 0.580. The number of carbonyl (C=O) groups is 2. The lowest BCUT2D eigenvalue weighted by atomic mass is 10.1. The van der Waals surface area contributed by atoms with Gasteiger partial charge in [-0.05, 0) is 26.2 Å². The number of halogens is 1. The van der Waals surface area contributed by atoms with E-state index in [2.05, 4.69) is 4.72 Å². The van der Waals surface area contributed by atoms with Gasteiger partial charge < -0.3 is 9.47 Å². The molecule has 0 radical (unpaired) electrons. The highest BCUT2D eigenvalue weighted by atomic mass is 127. The number of sulfonamides is 1. The zero-order chi connectivity index (χ0) is 19.8. The number of nitrogens with one attached hydrogen (secondary N) is 1. The minimum atomic E-state index is -3.89. The van der Waals surface area contributed by atoms with Gasteiger partial charge in [0.2, 0.25) is 17.0 Å². The molecule has 2 unspecified atom stereocenters. The van der Waals surface area contributed by atoms with Crippen molar-refractivity contribution in [3.63, 3.8) is 0 Å². The van der Waals surface area contributed by atoms with Crippen molar-refractivity contribution in [1.29, 1.82) is 0 Å². The van der Waals surface area contributed by atoms with Crippen LogP contribution in [0.2, 0.25) is 0 Å². The maximum Gasteiger partial charge on any atom is 0.347 e. The summed E-state index contributed by atoms with van der Waals surface area (Å²) < 4.78 is 58.1. The summed E-state index contributed by atoms with van der Waals surface area (Å²) in [5.41, 5.74) is 0. The monoisotopic (exact) mass is 513 g/mol. The molecule has 0 fully saturated rings. The average Bonchev–Trinajstić information content (AvgIpc) is 2.42. The smallest absolute Gasteiger partial charge is 0.347 e. The van der Waals surface area contributed by atoms with Crippen molar-refractivity contribution in [2.24, 2.45) is 5.92 Å². The van der Waals surface area contributed by atoms with E-state index in [1.54, 1.807) is 20.8 Å². The van der Waals surface area contributed by atoms with E-state index in [-0.39, 0.29) is 18.8 Å². The fraction of sp³-hybridized carbons (Fsp3) is 0.846. The molecule has 2 atom stereocenters. The third-order valence-electron chi connectivity index (χ3n) is 2.94. The second kappa shape index (κ2) is 10.6. The Hall–Kier alpha value is -0.470. The molecule has 0 amide bonds. The van der Waals surface area contributed by atoms with Crippen LogP contribution in [0, 0.1) is 5.92 Å². The quantitative estimate of drug-likeness (QED) is 0.241.